The van der Waals surface area contributed by atoms with Gasteiger partial charge in [0.25, 0.3) is 0 Å². The highest BCUT2D eigenvalue weighted by molar-refractivity contribution is 5.42. The first-order chi connectivity index (χ1) is 15.4. The molecule has 0 amide bonds. The van der Waals surface area contributed by atoms with E-state index in [-0.39, 0.29) is 5.48 Å². The lowest BCUT2D eigenvalue weighted by atomic mass is 10.2. The van der Waals surface area contributed by atoms with Crippen LogP contribution in [0.2, 0.25) is 0 Å². The summed E-state index contributed by atoms with van der Waals surface area (Å²) in [7, 11) is 8.95. The van der Waals surface area contributed by atoms with Crippen LogP contribution in [-0.4, -0.2) is 33.7 Å². The summed E-state index contributed by atoms with van der Waals surface area (Å²) >= 11 is 0. The van der Waals surface area contributed by atoms with Gasteiger partial charge in [0.1, 0.15) is 24.5 Å². The molecule has 0 aliphatic rings. The van der Waals surface area contributed by atoms with Crippen molar-refractivity contribution in [1.29, 1.82) is 0 Å². The Balaban J connectivity index is 0.000000227. The van der Waals surface area contributed by atoms with Gasteiger partial charge in [0, 0.05) is 11.1 Å². The van der Waals surface area contributed by atoms with Crippen LogP contribution in [0.15, 0.2) is 121 Å². The average molecular weight is 443 g/mol. The van der Waals surface area contributed by atoms with Crippen LogP contribution in [0.25, 0.3) is 0 Å². The lowest BCUT2D eigenvalue weighted by Crippen LogP contribution is -2.39. The molecule has 0 saturated heterocycles. The highest BCUT2D eigenvalue weighted by atomic mass is 16.0. The van der Waals surface area contributed by atoms with E-state index in [0.717, 1.165) is 22.1 Å². The Hall–Kier alpha value is -3.24. The number of quaternary nitrogens is 2. The molecule has 4 rings (SSSR count). The summed E-state index contributed by atoms with van der Waals surface area (Å²) in [5.74, 6) is 0. The third kappa shape index (κ3) is 7.99. The number of nitrogens with zero attached hydrogens (tertiary/aromatic N) is 2. The summed E-state index contributed by atoms with van der Waals surface area (Å²) in [6.07, 6.45) is 0. The highest BCUT2D eigenvalue weighted by Crippen LogP contribution is 2.22. The van der Waals surface area contributed by atoms with E-state index in [4.69, 9.17) is 0 Å². The predicted molar refractivity (Wildman–Crippen MR) is 144 cm³/mol. The molecule has 0 heterocycles. The predicted octanol–water partition coefficient (Wildman–Crippen LogP) is 6.08. The molecule has 4 aromatic carbocycles. The summed E-state index contributed by atoms with van der Waals surface area (Å²) < 4.78 is 1.76. The second kappa shape index (κ2) is 12.1. The van der Waals surface area contributed by atoms with E-state index in [9.17, 15) is 0 Å². The van der Waals surface area contributed by atoms with Crippen molar-refractivity contribution >= 4 is 11.4 Å². The molecule has 172 valence electrons. The van der Waals surface area contributed by atoms with Gasteiger partial charge in [-0.2, -0.15) is 0 Å². The highest BCUT2D eigenvalue weighted by Gasteiger charge is 2.19. The lowest BCUT2D eigenvalue weighted by molar-refractivity contribution is 0.392. The van der Waals surface area contributed by atoms with Gasteiger partial charge in [-0.25, -0.2) is 0 Å². The summed E-state index contributed by atoms with van der Waals surface area (Å²) in [4.78, 5) is 0. The molecule has 0 fully saturated rings. The van der Waals surface area contributed by atoms with Crippen molar-refractivity contribution in [2.45, 2.75) is 13.1 Å². The summed E-state index contributed by atoms with van der Waals surface area (Å²) in [5, 5.41) is 0. The van der Waals surface area contributed by atoms with Gasteiger partial charge in [0.05, 0.1) is 28.2 Å². The molecule has 4 aromatic rings. The molecule has 0 unspecified atom stereocenters. The maximum Gasteiger partial charge on any atom is 0.132 e. The molecule has 0 bridgehead atoms. The first kappa shape index (κ1) is 26.0. The van der Waals surface area contributed by atoms with E-state index in [1.807, 2.05) is 0 Å². The fraction of sp³-hybridized carbons (Fsp3) is 0.200. The van der Waals surface area contributed by atoms with Crippen LogP contribution in [0.3, 0.4) is 0 Å². The van der Waals surface area contributed by atoms with Gasteiger partial charge < -0.3 is 5.48 Å². The van der Waals surface area contributed by atoms with Crippen LogP contribution in [0, 0.1) is 0 Å². The topological polar surface area (TPSA) is 31.5 Å². The lowest BCUT2D eigenvalue weighted by Gasteiger charge is -2.29. The van der Waals surface area contributed by atoms with E-state index in [0.29, 0.717) is 0 Å². The maximum atomic E-state index is 2.24. The minimum atomic E-state index is 0. The minimum absolute atomic E-state index is 0. The van der Waals surface area contributed by atoms with Crippen LogP contribution < -0.4 is 8.97 Å². The molecule has 0 saturated carbocycles. The van der Waals surface area contributed by atoms with Crippen LogP contribution in [-0.2, 0) is 13.1 Å². The molecule has 3 heteroatoms. The van der Waals surface area contributed by atoms with Crippen molar-refractivity contribution in [3.8, 4) is 0 Å². The quantitative estimate of drug-likeness (QED) is 0.324. The summed E-state index contributed by atoms with van der Waals surface area (Å²) in [5.41, 5.74) is 5.42. The Morgan fingerprint density at radius 2 is 0.636 bits per heavy atom. The third-order valence-electron chi connectivity index (χ3n) is 5.75. The van der Waals surface area contributed by atoms with Gasteiger partial charge in [-0.15, -0.1) is 0 Å². The molecule has 2 N–H and O–H groups in total. The van der Waals surface area contributed by atoms with E-state index >= 15 is 0 Å². The van der Waals surface area contributed by atoms with Gasteiger partial charge in [0.15, 0.2) is 0 Å². The van der Waals surface area contributed by atoms with Gasteiger partial charge >= 0.3 is 0 Å². The monoisotopic (exact) mass is 442 g/mol. The molecule has 0 spiro atoms. The molecule has 0 aliphatic heterocycles. The Morgan fingerprint density at radius 3 is 0.909 bits per heavy atom. The van der Waals surface area contributed by atoms with Gasteiger partial charge in [-0.3, -0.25) is 8.97 Å². The fourth-order valence-corrected chi connectivity index (χ4v) is 3.93. The molecular weight excluding hydrogens is 404 g/mol. The molecule has 0 atom stereocenters. The van der Waals surface area contributed by atoms with Crippen molar-refractivity contribution in [2.24, 2.45) is 0 Å². The van der Waals surface area contributed by atoms with Gasteiger partial charge in [-0.1, -0.05) is 97.1 Å². The Labute approximate surface area is 199 Å². The zero-order valence-electron chi connectivity index (χ0n) is 20.4. The zero-order chi connectivity index (χ0) is 22.9. The Bertz CT molecular complexity index is 958. The van der Waals surface area contributed by atoms with E-state index in [1.165, 1.54) is 22.5 Å². The zero-order valence-corrected chi connectivity index (χ0v) is 20.4. The summed E-state index contributed by atoms with van der Waals surface area (Å²) in [6.45, 7) is 2.04. The third-order valence-corrected chi connectivity index (χ3v) is 5.75. The first-order valence-electron chi connectivity index (χ1n) is 11.2. The largest absolute Gasteiger partial charge is 0.412 e. The standard InChI is InChI=1S/2C15H18N.H2O/c2*1-16(2,15-11-7-4-8-12-15)13-14-9-5-3-6-10-14;/h2*3-12H,13H2,1-2H3;1H2/q2*+1;. The van der Waals surface area contributed by atoms with Crippen molar-refractivity contribution in [1.82, 2.24) is 8.97 Å². The molecule has 0 radical (unpaired) electrons. The Morgan fingerprint density at radius 1 is 0.394 bits per heavy atom. The van der Waals surface area contributed by atoms with Crippen molar-refractivity contribution < 1.29 is 5.48 Å². The smallest absolute Gasteiger partial charge is 0.132 e. The van der Waals surface area contributed by atoms with Gasteiger partial charge in [0.2, 0.25) is 0 Å². The normalized spacial score (nSPS) is 11.0. The number of benzene rings is 4. The van der Waals surface area contributed by atoms with Crippen LogP contribution >= 0.6 is 0 Å². The molecule has 0 aliphatic carbocycles. The van der Waals surface area contributed by atoms with Crippen LogP contribution in [0.4, 0.5) is 11.4 Å². The maximum absolute atomic E-state index is 2.24. The molecular formula is C30H38N2O+2. The van der Waals surface area contributed by atoms with Crippen molar-refractivity contribution in [3.63, 3.8) is 0 Å². The Kier molecular flexibility index (Phi) is 9.56. The second-order valence-corrected chi connectivity index (χ2v) is 9.33. The average Bonchev–Trinajstić information content (AvgIpc) is 2.81. The molecule has 33 heavy (non-hydrogen) atoms. The minimum Gasteiger partial charge on any atom is -0.412 e. The van der Waals surface area contributed by atoms with Crippen molar-refractivity contribution in [2.75, 3.05) is 28.2 Å². The SMILES string of the molecule is C[N+](C)(Cc1ccccc1)c1ccccc1.C[N+](C)(Cc1ccccc1)c1ccccc1.O. The summed E-state index contributed by atoms with van der Waals surface area (Å²) in [6, 6.07) is 42.5. The number of rotatable bonds is 6. The fourth-order valence-electron chi connectivity index (χ4n) is 3.93. The number of hydrogen-bond acceptors (Lipinski definition) is 0. The van der Waals surface area contributed by atoms with Crippen molar-refractivity contribution in [3.05, 3.63) is 132 Å². The van der Waals surface area contributed by atoms with E-state index < -0.39 is 0 Å². The number of hydrogen-bond donors (Lipinski definition) is 0. The first-order valence-corrected chi connectivity index (χ1v) is 11.2. The number of para-hydroxylation sites is 2. The second-order valence-electron chi connectivity index (χ2n) is 9.33. The molecule has 0 aromatic heterocycles. The molecule has 3 nitrogen and oxygen atoms in total. The van der Waals surface area contributed by atoms with Gasteiger partial charge in [-0.05, 0) is 24.3 Å². The van der Waals surface area contributed by atoms with E-state index in [2.05, 4.69) is 150 Å². The van der Waals surface area contributed by atoms with Crippen LogP contribution in [0.5, 0.6) is 0 Å². The van der Waals surface area contributed by atoms with Crippen LogP contribution in [0.1, 0.15) is 11.1 Å². The van der Waals surface area contributed by atoms with E-state index in [1.54, 1.807) is 0 Å².